The van der Waals surface area contributed by atoms with Gasteiger partial charge >= 0.3 is 5.97 Å². The van der Waals surface area contributed by atoms with Crippen molar-refractivity contribution in [3.05, 3.63) is 32.0 Å². The minimum Gasteiger partial charge on any atom is -0.462 e. The summed E-state index contributed by atoms with van der Waals surface area (Å²) in [4.78, 5) is 47.3. The zero-order valence-electron chi connectivity index (χ0n) is 20.3. The van der Waals surface area contributed by atoms with Gasteiger partial charge in [0.25, 0.3) is 11.8 Å². The van der Waals surface area contributed by atoms with Crippen molar-refractivity contribution in [2.45, 2.75) is 45.4 Å². The molecular formula is C22H29Cl2N5O6S. The number of halogens is 2. The fourth-order valence-electron chi connectivity index (χ4n) is 3.73. The van der Waals surface area contributed by atoms with Crippen LogP contribution in [-0.4, -0.2) is 84.5 Å². The van der Waals surface area contributed by atoms with Crippen LogP contribution >= 0.6 is 34.5 Å². The van der Waals surface area contributed by atoms with Crippen LogP contribution in [0.25, 0.3) is 0 Å². The van der Waals surface area contributed by atoms with E-state index in [9.17, 15) is 19.5 Å². The summed E-state index contributed by atoms with van der Waals surface area (Å²) in [5.74, 6) is -1.62. The van der Waals surface area contributed by atoms with E-state index in [1.54, 1.807) is 20.8 Å². The van der Waals surface area contributed by atoms with Crippen LogP contribution in [0.2, 0.25) is 10.0 Å². The van der Waals surface area contributed by atoms with Gasteiger partial charge < -0.3 is 35.1 Å². The van der Waals surface area contributed by atoms with Gasteiger partial charge in [0.15, 0.2) is 10.8 Å². The maximum atomic E-state index is 12.8. The lowest BCUT2D eigenvalue weighted by Gasteiger charge is -2.37. The van der Waals surface area contributed by atoms with E-state index in [1.165, 1.54) is 7.11 Å². The van der Waals surface area contributed by atoms with Crippen LogP contribution in [0.4, 0.5) is 5.13 Å². The van der Waals surface area contributed by atoms with E-state index in [2.05, 4.69) is 20.6 Å². The van der Waals surface area contributed by atoms with E-state index in [0.29, 0.717) is 35.4 Å². The third-order valence-corrected chi connectivity index (χ3v) is 7.72. The minimum atomic E-state index is -0.648. The summed E-state index contributed by atoms with van der Waals surface area (Å²) in [6, 6.07) is -0.836. The molecule has 2 amide bonds. The fraction of sp³-hybridized carbons (Fsp3) is 0.545. The Morgan fingerprint density at radius 3 is 2.61 bits per heavy atom. The number of anilines is 1. The number of nitrogens with one attached hydrogen (secondary N) is 3. The van der Waals surface area contributed by atoms with E-state index < -0.39 is 29.9 Å². The number of rotatable bonds is 9. The second-order valence-corrected chi connectivity index (χ2v) is 10.0. The lowest BCUT2D eigenvalue weighted by molar-refractivity contribution is 0.0527. The highest BCUT2D eigenvalue weighted by molar-refractivity contribution is 7.17. The van der Waals surface area contributed by atoms with E-state index in [4.69, 9.17) is 32.7 Å². The first kappa shape index (κ1) is 28.2. The summed E-state index contributed by atoms with van der Waals surface area (Å²) >= 11 is 13.3. The number of thiazole rings is 1. The predicted molar refractivity (Wildman–Crippen MR) is 137 cm³/mol. The Hall–Kier alpha value is -2.38. The largest absolute Gasteiger partial charge is 0.462 e. The molecule has 1 aliphatic heterocycles. The molecule has 36 heavy (non-hydrogen) atoms. The quantitative estimate of drug-likeness (QED) is 0.341. The van der Waals surface area contributed by atoms with Crippen LogP contribution in [0.5, 0.6) is 0 Å². The molecule has 11 nitrogen and oxygen atoms in total. The fourth-order valence-corrected chi connectivity index (χ4v) is 5.14. The summed E-state index contributed by atoms with van der Waals surface area (Å²) in [6.45, 7) is 5.74. The molecule has 4 N–H and O–H groups in total. The SMILES string of the molecule is CCOC(=O)c1sc(N2CC[C@@H](NC(=O)c3[nH]c(C)c(Cl)c3Cl)[C@@H](OC)C2)nc1C(=O)N[C@@H](C)CO. The van der Waals surface area contributed by atoms with Crippen molar-refractivity contribution in [1.82, 2.24) is 20.6 Å². The highest BCUT2D eigenvalue weighted by Gasteiger charge is 2.35. The summed E-state index contributed by atoms with van der Waals surface area (Å²) in [7, 11) is 1.54. The molecule has 0 saturated carbocycles. The number of carbonyl (C=O) groups excluding carboxylic acids is 3. The molecule has 0 aliphatic carbocycles. The zero-order valence-corrected chi connectivity index (χ0v) is 22.6. The standard InChI is InChI=1S/C22H29Cl2N5O6S/c1-5-35-21(33)18-17(20(32)25-10(2)9-30)28-22(36-18)29-7-6-12(13(8-29)34-4)27-19(31)16-15(24)14(23)11(3)26-16/h10,12-13,26,30H,5-9H2,1-4H3,(H,25,32)(H,27,31)/t10-,12+,13-/m0/s1. The molecule has 3 rings (SSSR count). The number of aryl methyl sites for hydroxylation is 1. The van der Waals surface area contributed by atoms with Crippen LogP contribution in [-0.2, 0) is 9.47 Å². The lowest BCUT2D eigenvalue weighted by Crippen LogP contribution is -2.55. The van der Waals surface area contributed by atoms with Crippen molar-refractivity contribution in [1.29, 1.82) is 0 Å². The molecule has 3 atom stereocenters. The highest BCUT2D eigenvalue weighted by atomic mass is 35.5. The molecule has 3 heterocycles. The number of aromatic nitrogens is 2. The van der Waals surface area contributed by atoms with E-state index in [0.717, 1.165) is 11.3 Å². The van der Waals surface area contributed by atoms with Crippen molar-refractivity contribution in [3.63, 3.8) is 0 Å². The number of aliphatic hydroxyl groups excluding tert-OH is 1. The molecule has 14 heteroatoms. The van der Waals surface area contributed by atoms with Gasteiger partial charge in [0.05, 0.1) is 35.4 Å². The number of nitrogens with zero attached hydrogens (tertiary/aromatic N) is 2. The monoisotopic (exact) mass is 561 g/mol. The molecule has 0 bridgehead atoms. The van der Waals surface area contributed by atoms with Crippen molar-refractivity contribution < 1.29 is 29.0 Å². The number of hydrogen-bond donors (Lipinski definition) is 4. The van der Waals surface area contributed by atoms with E-state index in [-0.39, 0.29) is 40.5 Å². The average molecular weight is 562 g/mol. The Labute approximate surface area is 222 Å². The number of H-pyrrole nitrogens is 1. The molecule has 2 aromatic heterocycles. The first-order valence-electron chi connectivity index (χ1n) is 11.3. The molecule has 1 saturated heterocycles. The number of amides is 2. The van der Waals surface area contributed by atoms with Gasteiger partial charge in [-0.25, -0.2) is 9.78 Å². The van der Waals surface area contributed by atoms with Gasteiger partial charge in [-0.15, -0.1) is 0 Å². The second-order valence-electron chi connectivity index (χ2n) is 8.29. The summed E-state index contributed by atoms with van der Waals surface area (Å²) in [5.41, 5.74) is 0.717. The Morgan fingerprint density at radius 2 is 2.03 bits per heavy atom. The summed E-state index contributed by atoms with van der Waals surface area (Å²) in [6.07, 6.45) is 0.0989. The van der Waals surface area contributed by atoms with Crippen LogP contribution in [0.3, 0.4) is 0 Å². The molecule has 1 aliphatic rings. The minimum absolute atomic E-state index is 0.0632. The molecule has 2 aromatic rings. The maximum Gasteiger partial charge on any atom is 0.350 e. The summed E-state index contributed by atoms with van der Waals surface area (Å²) < 4.78 is 10.7. The van der Waals surface area contributed by atoms with Gasteiger partial charge in [-0.2, -0.15) is 0 Å². The van der Waals surface area contributed by atoms with Gasteiger partial charge in [0.1, 0.15) is 10.6 Å². The van der Waals surface area contributed by atoms with Gasteiger partial charge in [-0.1, -0.05) is 34.5 Å². The number of esters is 1. The van der Waals surface area contributed by atoms with E-state index >= 15 is 0 Å². The molecule has 0 spiro atoms. The number of carbonyl (C=O) groups is 3. The normalized spacial score (nSPS) is 18.6. The molecule has 1 fully saturated rings. The molecule has 0 unspecified atom stereocenters. The average Bonchev–Trinajstić information content (AvgIpc) is 3.42. The Balaban J connectivity index is 1.78. The molecule has 198 valence electrons. The second kappa shape index (κ2) is 12.2. The third-order valence-electron chi connectivity index (χ3n) is 5.67. The summed E-state index contributed by atoms with van der Waals surface area (Å²) in [5, 5.41) is 15.7. The number of hydrogen-bond acceptors (Lipinski definition) is 9. The first-order chi connectivity index (χ1) is 17.1. The first-order valence-corrected chi connectivity index (χ1v) is 12.9. The number of piperidine rings is 1. The predicted octanol–water partition coefficient (Wildman–Crippen LogP) is 2.40. The number of methoxy groups -OCH3 is 1. The Morgan fingerprint density at radius 1 is 1.31 bits per heavy atom. The smallest absolute Gasteiger partial charge is 0.350 e. The van der Waals surface area contributed by atoms with Gasteiger partial charge in [-0.05, 0) is 27.2 Å². The van der Waals surface area contributed by atoms with Gasteiger partial charge in [-0.3, -0.25) is 9.59 Å². The van der Waals surface area contributed by atoms with Crippen molar-refractivity contribution in [2.24, 2.45) is 0 Å². The highest BCUT2D eigenvalue weighted by Crippen LogP contribution is 2.31. The van der Waals surface area contributed by atoms with Crippen molar-refractivity contribution in [2.75, 3.05) is 38.3 Å². The van der Waals surface area contributed by atoms with E-state index in [1.807, 2.05) is 4.90 Å². The maximum absolute atomic E-state index is 12.8. The zero-order chi connectivity index (χ0) is 26.6. The lowest BCUT2D eigenvalue weighted by atomic mass is 10.0. The topological polar surface area (TPSA) is 146 Å². The molecule has 0 aromatic carbocycles. The molecule has 0 radical (unpaired) electrons. The number of ether oxygens (including phenoxy) is 2. The van der Waals surface area contributed by atoms with Crippen molar-refractivity contribution in [3.8, 4) is 0 Å². The van der Waals surface area contributed by atoms with Crippen LogP contribution in [0.15, 0.2) is 0 Å². The Kier molecular flexibility index (Phi) is 9.59. The van der Waals surface area contributed by atoms with Crippen molar-refractivity contribution >= 4 is 57.5 Å². The van der Waals surface area contributed by atoms with Gasteiger partial charge in [0, 0.05) is 31.9 Å². The number of aromatic amines is 1. The van der Waals surface area contributed by atoms with Crippen LogP contribution < -0.4 is 15.5 Å². The van der Waals surface area contributed by atoms with Gasteiger partial charge in [0.2, 0.25) is 0 Å². The third kappa shape index (κ3) is 6.12. The Bertz CT molecular complexity index is 1120. The van der Waals surface area contributed by atoms with Crippen LogP contribution in [0, 0.1) is 6.92 Å². The van der Waals surface area contributed by atoms with Crippen LogP contribution in [0.1, 0.15) is 56.6 Å². The molecular weight excluding hydrogens is 533 g/mol. The number of aliphatic hydroxyl groups is 1.